The Labute approximate surface area is 132 Å². The molecule has 2 fully saturated rings. The first-order valence-corrected chi connectivity index (χ1v) is 7.72. The van der Waals surface area contributed by atoms with E-state index in [0.717, 1.165) is 44.6 Å². The fraction of sp³-hybridized carbons (Fsp3) is 0.733. The molecule has 0 aliphatic carbocycles. The normalized spacial score (nSPS) is 28.1. The highest BCUT2D eigenvalue weighted by Crippen LogP contribution is 2.42. The Bertz CT molecular complexity index is 555. The molecule has 0 amide bonds. The Kier molecular flexibility index (Phi) is 4.46. The monoisotopic (exact) mass is 331 g/mol. The van der Waals surface area contributed by atoms with Crippen molar-refractivity contribution in [1.82, 2.24) is 14.9 Å². The number of ether oxygens (including phenoxy) is 2. The van der Waals surface area contributed by atoms with Gasteiger partial charge in [0.1, 0.15) is 12.9 Å². The van der Waals surface area contributed by atoms with Gasteiger partial charge in [0.15, 0.2) is 5.69 Å². The Morgan fingerprint density at radius 1 is 1.35 bits per heavy atom. The lowest BCUT2D eigenvalue weighted by Crippen LogP contribution is -2.47. The van der Waals surface area contributed by atoms with Gasteiger partial charge in [-0.25, -0.2) is 9.97 Å². The molecular formula is C15H20F3N3O2. The molecule has 3 heterocycles. The van der Waals surface area contributed by atoms with Gasteiger partial charge in [0, 0.05) is 19.2 Å². The van der Waals surface area contributed by atoms with Crippen molar-refractivity contribution in [3.63, 3.8) is 0 Å². The maximum absolute atomic E-state index is 12.7. The van der Waals surface area contributed by atoms with Crippen molar-refractivity contribution < 1.29 is 22.6 Å². The van der Waals surface area contributed by atoms with Crippen LogP contribution in [0.15, 0.2) is 12.4 Å². The van der Waals surface area contributed by atoms with Gasteiger partial charge in [-0.1, -0.05) is 0 Å². The molecule has 23 heavy (non-hydrogen) atoms. The zero-order valence-electron chi connectivity index (χ0n) is 13.0. The van der Waals surface area contributed by atoms with Crippen LogP contribution >= 0.6 is 0 Å². The fourth-order valence-corrected chi connectivity index (χ4v) is 3.76. The van der Waals surface area contributed by atoms with Crippen LogP contribution in [0, 0.1) is 0 Å². The summed E-state index contributed by atoms with van der Waals surface area (Å²) in [5.74, 6) is -0.0243. The molecular weight excluding hydrogens is 311 g/mol. The number of rotatable bonds is 5. The maximum Gasteiger partial charge on any atom is 0.433 e. The van der Waals surface area contributed by atoms with Crippen LogP contribution < -0.4 is 4.74 Å². The predicted molar refractivity (Wildman–Crippen MR) is 76.1 cm³/mol. The van der Waals surface area contributed by atoms with Gasteiger partial charge < -0.3 is 9.47 Å². The minimum absolute atomic E-state index is 0.0243. The molecule has 2 saturated heterocycles. The number of methoxy groups -OCH3 is 1. The van der Waals surface area contributed by atoms with Crippen LogP contribution in [0.2, 0.25) is 0 Å². The molecule has 3 rings (SSSR count). The van der Waals surface area contributed by atoms with Gasteiger partial charge in [0.2, 0.25) is 5.88 Å². The van der Waals surface area contributed by atoms with E-state index in [1.54, 1.807) is 7.11 Å². The van der Waals surface area contributed by atoms with Crippen LogP contribution in [0.4, 0.5) is 13.2 Å². The first-order valence-electron chi connectivity index (χ1n) is 7.72. The van der Waals surface area contributed by atoms with Crippen molar-refractivity contribution >= 4 is 0 Å². The Morgan fingerprint density at radius 3 is 2.91 bits per heavy atom. The molecule has 2 aliphatic rings. The highest BCUT2D eigenvalue weighted by atomic mass is 19.4. The molecule has 2 unspecified atom stereocenters. The highest BCUT2D eigenvalue weighted by molar-refractivity contribution is 5.16. The van der Waals surface area contributed by atoms with E-state index < -0.39 is 11.9 Å². The van der Waals surface area contributed by atoms with E-state index in [9.17, 15) is 13.2 Å². The standard InChI is InChI=1S/C15H20F3N3O2/c1-22-8-11-3-5-14(4-2-6-21(11)14)9-23-13-7-12(15(16,17)18)19-10-20-13/h7,10-11H,2-6,8-9H2,1H3. The third-order valence-electron chi connectivity index (χ3n) is 4.81. The van der Waals surface area contributed by atoms with E-state index in [1.165, 1.54) is 0 Å². The Balaban J connectivity index is 1.68. The summed E-state index contributed by atoms with van der Waals surface area (Å²) in [6.45, 7) is 2.00. The zero-order valence-corrected chi connectivity index (χ0v) is 13.0. The number of nitrogens with zero attached hydrogens (tertiary/aromatic N) is 3. The number of halogens is 3. The van der Waals surface area contributed by atoms with Crippen LogP contribution in [0.3, 0.4) is 0 Å². The average molecular weight is 331 g/mol. The van der Waals surface area contributed by atoms with Gasteiger partial charge >= 0.3 is 6.18 Å². The number of hydrogen-bond acceptors (Lipinski definition) is 5. The first kappa shape index (κ1) is 16.4. The summed E-state index contributed by atoms with van der Waals surface area (Å²) < 4.78 is 49.0. The lowest BCUT2D eigenvalue weighted by molar-refractivity contribution is -0.141. The van der Waals surface area contributed by atoms with Gasteiger partial charge in [0.25, 0.3) is 0 Å². The van der Waals surface area contributed by atoms with Crippen molar-refractivity contribution in [2.45, 2.75) is 43.4 Å². The molecule has 0 bridgehead atoms. The SMILES string of the molecule is COCC1CCC2(COc3cc(C(F)(F)F)ncn3)CCCN12. The van der Waals surface area contributed by atoms with Crippen molar-refractivity contribution in [2.75, 3.05) is 26.9 Å². The number of hydrogen-bond donors (Lipinski definition) is 0. The second kappa shape index (κ2) is 6.24. The van der Waals surface area contributed by atoms with E-state index in [2.05, 4.69) is 14.9 Å². The van der Waals surface area contributed by atoms with Crippen LogP contribution in [-0.2, 0) is 10.9 Å². The summed E-state index contributed by atoms with van der Waals surface area (Å²) in [6, 6.07) is 1.22. The second-order valence-corrected chi connectivity index (χ2v) is 6.20. The fourth-order valence-electron chi connectivity index (χ4n) is 3.76. The topological polar surface area (TPSA) is 47.5 Å². The highest BCUT2D eigenvalue weighted by Gasteiger charge is 2.49. The van der Waals surface area contributed by atoms with Crippen molar-refractivity contribution in [1.29, 1.82) is 0 Å². The molecule has 1 aromatic rings. The van der Waals surface area contributed by atoms with Gasteiger partial charge in [-0.3, -0.25) is 4.90 Å². The summed E-state index contributed by atoms with van der Waals surface area (Å²) in [6.07, 6.45) is 0.457. The third kappa shape index (κ3) is 3.28. The first-order chi connectivity index (χ1) is 10.9. The largest absolute Gasteiger partial charge is 0.476 e. The van der Waals surface area contributed by atoms with E-state index in [-0.39, 0.29) is 11.4 Å². The quantitative estimate of drug-likeness (QED) is 0.830. The third-order valence-corrected chi connectivity index (χ3v) is 4.81. The molecule has 0 N–H and O–H groups in total. The zero-order chi connectivity index (χ0) is 16.5. The summed E-state index contributed by atoms with van der Waals surface area (Å²) in [5, 5.41) is 0. The molecule has 1 aromatic heterocycles. The summed E-state index contributed by atoms with van der Waals surface area (Å²) in [5.41, 5.74) is -1.08. The van der Waals surface area contributed by atoms with E-state index in [4.69, 9.17) is 9.47 Å². The van der Waals surface area contributed by atoms with Crippen LogP contribution in [0.1, 0.15) is 31.4 Å². The molecule has 2 atom stereocenters. The average Bonchev–Trinajstić information content (AvgIpc) is 3.06. The second-order valence-electron chi connectivity index (χ2n) is 6.20. The van der Waals surface area contributed by atoms with Crippen LogP contribution in [0.25, 0.3) is 0 Å². The smallest absolute Gasteiger partial charge is 0.433 e. The Morgan fingerprint density at radius 2 is 2.17 bits per heavy atom. The molecule has 5 nitrogen and oxygen atoms in total. The van der Waals surface area contributed by atoms with Gasteiger partial charge in [-0.2, -0.15) is 13.2 Å². The molecule has 128 valence electrons. The van der Waals surface area contributed by atoms with E-state index >= 15 is 0 Å². The molecule has 0 spiro atoms. The number of fused-ring (bicyclic) bond motifs is 1. The lowest BCUT2D eigenvalue weighted by atomic mass is 9.95. The molecule has 0 saturated carbocycles. The van der Waals surface area contributed by atoms with Gasteiger partial charge in [-0.15, -0.1) is 0 Å². The Hall–Kier alpha value is -1.41. The van der Waals surface area contributed by atoms with E-state index in [1.807, 2.05) is 0 Å². The van der Waals surface area contributed by atoms with Crippen molar-refractivity contribution in [3.05, 3.63) is 18.1 Å². The predicted octanol–water partition coefficient (Wildman–Crippen LogP) is 2.52. The van der Waals surface area contributed by atoms with E-state index in [0.29, 0.717) is 19.3 Å². The summed E-state index contributed by atoms with van der Waals surface area (Å²) in [4.78, 5) is 9.44. The minimum Gasteiger partial charge on any atom is -0.476 e. The number of alkyl halides is 3. The van der Waals surface area contributed by atoms with Crippen LogP contribution in [-0.4, -0.2) is 53.3 Å². The lowest BCUT2D eigenvalue weighted by Gasteiger charge is -2.34. The molecule has 0 aromatic carbocycles. The number of aromatic nitrogens is 2. The van der Waals surface area contributed by atoms with Crippen LogP contribution in [0.5, 0.6) is 5.88 Å². The molecule has 8 heteroatoms. The van der Waals surface area contributed by atoms with Gasteiger partial charge in [-0.05, 0) is 32.2 Å². The van der Waals surface area contributed by atoms with Crippen molar-refractivity contribution in [3.8, 4) is 5.88 Å². The summed E-state index contributed by atoms with van der Waals surface area (Å²) >= 11 is 0. The van der Waals surface area contributed by atoms with Crippen molar-refractivity contribution in [2.24, 2.45) is 0 Å². The maximum atomic E-state index is 12.7. The summed E-state index contributed by atoms with van der Waals surface area (Å²) in [7, 11) is 1.69. The molecule has 2 aliphatic heterocycles. The van der Waals surface area contributed by atoms with Gasteiger partial charge in [0.05, 0.1) is 12.1 Å². The molecule has 0 radical (unpaired) electrons. The minimum atomic E-state index is -4.49.